The highest BCUT2D eigenvalue weighted by Crippen LogP contribution is 2.41. The molecule has 1 heterocycles. The summed E-state index contributed by atoms with van der Waals surface area (Å²) >= 11 is 0. The second-order valence-corrected chi connectivity index (χ2v) is 3.81. The molecule has 0 aliphatic heterocycles. The first-order chi connectivity index (χ1) is 9.24. The van der Waals surface area contributed by atoms with E-state index in [0.29, 0.717) is 22.8 Å². The highest BCUT2D eigenvalue weighted by molar-refractivity contribution is 5.75. The topological polar surface area (TPSA) is 67.3 Å². The Morgan fingerprint density at radius 3 is 2.11 bits per heavy atom. The highest BCUT2D eigenvalue weighted by Gasteiger charge is 2.15. The van der Waals surface area contributed by atoms with Crippen molar-refractivity contribution in [1.29, 1.82) is 5.26 Å². The number of benzene rings is 1. The molecule has 0 saturated heterocycles. The number of aromatic nitrogens is 1. The van der Waals surface area contributed by atoms with Gasteiger partial charge in [-0.25, -0.2) is 0 Å². The average Bonchev–Trinajstić information content (AvgIpc) is 2.93. The number of H-pyrrole nitrogens is 1. The number of nitrogens with zero attached hydrogens (tertiary/aromatic N) is 1. The van der Waals surface area contributed by atoms with E-state index in [0.717, 1.165) is 11.1 Å². The van der Waals surface area contributed by atoms with Crippen LogP contribution < -0.4 is 14.2 Å². The SMILES string of the molecule is COc1cc(-c2c[nH]cc2C#N)cc(OC)c1OC. The van der Waals surface area contributed by atoms with E-state index in [-0.39, 0.29) is 0 Å². The first-order valence-electron chi connectivity index (χ1n) is 5.62. The Balaban J connectivity index is 2.63. The van der Waals surface area contributed by atoms with Gasteiger partial charge in [-0.15, -0.1) is 0 Å². The number of ether oxygens (including phenoxy) is 3. The highest BCUT2D eigenvalue weighted by atomic mass is 16.5. The number of methoxy groups -OCH3 is 3. The summed E-state index contributed by atoms with van der Waals surface area (Å²) in [6, 6.07) is 5.76. The van der Waals surface area contributed by atoms with E-state index in [1.807, 2.05) is 12.1 Å². The molecule has 19 heavy (non-hydrogen) atoms. The molecular formula is C14H14N2O3. The first-order valence-corrected chi connectivity index (χ1v) is 5.62. The second-order valence-electron chi connectivity index (χ2n) is 3.81. The van der Waals surface area contributed by atoms with Crippen LogP contribution in [0.25, 0.3) is 11.1 Å². The molecule has 0 aliphatic rings. The van der Waals surface area contributed by atoms with E-state index in [1.54, 1.807) is 33.7 Å². The second kappa shape index (κ2) is 5.36. The van der Waals surface area contributed by atoms with E-state index in [9.17, 15) is 0 Å². The minimum absolute atomic E-state index is 0.530. The van der Waals surface area contributed by atoms with Crippen LogP contribution in [0.3, 0.4) is 0 Å². The molecule has 0 fully saturated rings. The van der Waals surface area contributed by atoms with Gasteiger partial charge in [0.05, 0.1) is 26.9 Å². The molecule has 1 aromatic heterocycles. The van der Waals surface area contributed by atoms with Crippen LogP contribution in [0.5, 0.6) is 17.2 Å². The zero-order valence-corrected chi connectivity index (χ0v) is 11.0. The van der Waals surface area contributed by atoms with Crippen molar-refractivity contribution in [2.24, 2.45) is 0 Å². The van der Waals surface area contributed by atoms with Gasteiger partial charge in [0, 0.05) is 18.0 Å². The Morgan fingerprint density at radius 2 is 1.63 bits per heavy atom. The largest absolute Gasteiger partial charge is 0.493 e. The van der Waals surface area contributed by atoms with Gasteiger partial charge < -0.3 is 19.2 Å². The van der Waals surface area contributed by atoms with Crippen LogP contribution in [0, 0.1) is 11.3 Å². The van der Waals surface area contributed by atoms with Gasteiger partial charge in [0.15, 0.2) is 11.5 Å². The zero-order valence-electron chi connectivity index (χ0n) is 11.0. The number of nitrogens with one attached hydrogen (secondary N) is 1. The van der Waals surface area contributed by atoms with Crippen LogP contribution in [0.2, 0.25) is 0 Å². The number of hydrogen-bond donors (Lipinski definition) is 1. The maximum absolute atomic E-state index is 9.07. The van der Waals surface area contributed by atoms with Crippen LogP contribution in [-0.4, -0.2) is 26.3 Å². The molecule has 0 amide bonds. The fourth-order valence-electron chi connectivity index (χ4n) is 1.93. The number of nitriles is 1. The Hall–Kier alpha value is -2.61. The molecule has 0 bridgehead atoms. The fraction of sp³-hybridized carbons (Fsp3) is 0.214. The quantitative estimate of drug-likeness (QED) is 0.915. The van der Waals surface area contributed by atoms with Gasteiger partial charge in [-0.1, -0.05) is 0 Å². The Kier molecular flexibility index (Phi) is 3.62. The molecular weight excluding hydrogens is 244 g/mol. The van der Waals surface area contributed by atoms with Crippen molar-refractivity contribution in [3.63, 3.8) is 0 Å². The lowest BCUT2D eigenvalue weighted by molar-refractivity contribution is 0.324. The molecule has 0 unspecified atom stereocenters. The van der Waals surface area contributed by atoms with Gasteiger partial charge in [-0.3, -0.25) is 0 Å². The number of hydrogen-bond acceptors (Lipinski definition) is 4. The van der Waals surface area contributed by atoms with Gasteiger partial charge in [-0.05, 0) is 17.7 Å². The molecule has 2 aromatic rings. The van der Waals surface area contributed by atoms with Crippen LogP contribution in [0.15, 0.2) is 24.5 Å². The lowest BCUT2D eigenvalue weighted by atomic mass is 10.0. The molecule has 2 rings (SSSR count). The zero-order chi connectivity index (χ0) is 13.8. The lowest BCUT2D eigenvalue weighted by Gasteiger charge is -2.13. The van der Waals surface area contributed by atoms with Crippen molar-refractivity contribution in [3.05, 3.63) is 30.1 Å². The van der Waals surface area contributed by atoms with Crippen LogP contribution >= 0.6 is 0 Å². The minimum atomic E-state index is 0.530. The van der Waals surface area contributed by atoms with Crippen molar-refractivity contribution in [2.75, 3.05) is 21.3 Å². The third-order valence-corrected chi connectivity index (χ3v) is 2.84. The molecule has 1 aromatic carbocycles. The molecule has 0 spiro atoms. The van der Waals surface area contributed by atoms with E-state index in [1.165, 1.54) is 0 Å². The lowest BCUT2D eigenvalue weighted by Crippen LogP contribution is -1.95. The van der Waals surface area contributed by atoms with Crippen molar-refractivity contribution >= 4 is 0 Å². The maximum atomic E-state index is 9.07. The molecule has 0 atom stereocenters. The van der Waals surface area contributed by atoms with E-state index in [4.69, 9.17) is 19.5 Å². The van der Waals surface area contributed by atoms with Crippen LogP contribution in [0.1, 0.15) is 5.56 Å². The Bertz CT molecular complexity index is 601. The predicted molar refractivity (Wildman–Crippen MR) is 70.6 cm³/mol. The molecule has 1 N–H and O–H groups in total. The summed E-state index contributed by atoms with van der Waals surface area (Å²) < 4.78 is 15.9. The predicted octanol–water partition coefficient (Wildman–Crippen LogP) is 2.58. The summed E-state index contributed by atoms with van der Waals surface area (Å²) in [4.78, 5) is 2.92. The van der Waals surface area contributed by atoms with Crippen LogP contribution in [0.4, 0.5) is 0 Å². The van der Waals surface area contributed by atoms with Crippen molar-refractivity contribution < 1.29 is 14.2 Å². The molecule has 0 saturated carbocycles. The minimum Gasteiger partial charge on any atom is -0.493 e. The summed E-state index contributed by atoms with van der Waals surface area (Å²) in [7, 11) is 4.67. The molecule has 5 heteroatoms. The monoisotopic (exact) mass is 258 g/mol. The van der Waals surface area contributed by atoms with Gasteiger partial charge in [0.2, 0.25) is 5.75 Å². The average molecular weight is 258 g/mol. The molecule has 5 nitrogen and oxygen atoms in total. The van der Waals surface area contributed by atoms with E-state index < -0.39 is 0 Å². The molecule has 0 radical (unpaired) electrons. The smallest absolute Gasteiger partial charge is 0.203 e. The van der Waals surface area contributed by atoms with Crippen molar-refractivity contribution in [3.8, 4) is 34.4 Å². The van der Waals surface area contributed by atoms with Crippen molar-refractivity contribution in [2.45, 2.75) is 0 Å². The number of rotatable bonds is 4. The molecule has 0 aliphatic carbocycles. The van der Waals surface area contributed by atoms with E-state index in [2.05, 4.69) is 11.1 Å². The number of aromatic amines is 1. The van der Waals surface area contributed by atoms with Crippen LogP contribution in [-0.2, 0) is 0 Å². The standard InChI is InChI=1S/C14H14N2O3/c1-17-12-4-9(5-13(18-2)14(12)19-3)11-8-16-7-10(11)6-15/h4-5,7-8,16H,1-3H3. The van der Waals surface area contributed by atoms with Gasteiger partial charge >= 0.3 is 0 Å². The van der Waals surface area contributed by atoms with Crippen molar-refractivity contribution in [1.82, 2.24) is 4.98 Å². The molecule has 98 valence electrons. The van der Waals surface area contributed by atoms with Gasteiger partial charge in [-0.2, -0.15) is 5.26 Å². The normalized spacial score (nSPS) is 9.79. The van der Waals surface area contributed by atoms with Gasteiger partial charge in [0.25, 0.3) is 0 Å². The summed E-state index contributed by atoms with van der Waals surface area (Å²) in [5.74, 6) is 1.65. The summed E-state index contributed by atoms with van der Waals surface area (Å²) in [6.07, 6.45) is 3.41. The Labute approximate surface area is 111 Å². The fourth-order valence-corrected chi connectivity index (χ4v) is 1.93. The Morgan fingerprint density at radius 1 is 1.00 bits per heavy atom. The van der Waals surface area contributed by atoms with Gasteiger partial charge in [0.1, 0.15) is 6.07 Å². The first kappa shape index (κ1) is 12.8. The third kappa shape index (κ3) is 2.20. The summed E-state index contributed by atoms with van der Waals surface area (Å²) in [5.41, 5.74) is 2.18. The maximum Gasteiger partial charge on any atom is 0.203 e. The summed E-state index contributed by atoms with van der Waals surface area (Å²) in [5, 5.41) is 9.07. The third-order valence-electron chi connectivity index (χ3n) is 2.84. The summed E-state index contributed by atoms with van der Waals surface area (Å²) in [6.45, 7) is 0. The van der Waals surface area contributed by atoms with E-state index >= 15 is 0 Å².